The molecule has 0 bridgehead atoms. The zero-order valence-electron chi connectivity index (χ0n) is 15.2. The summed E-state index contributed by atoms with van der Waals surface area (Å²) in [7, 11) is 3.07. The maximum absolute atomic E-state index is 12.7. The molecule has 7 heteroatoms. The summed E-state index contributed by atoms with van der Waals surface area (Å²) in [5.74, 6) is 0.389. The molecule has 0 spiro atoms. The third kappa shape index (κ3) is 5.27. The van der Waals surface area contributed by atoms with Gasteiger partial charge in [0.15, 0.2) is 6.29 Å². The second-order valence-electron chi connectivity index (χ2n) is 5.24. The molecule has 0 aliphatic heterocycles. The fourth-order valence-corrected chi connectivity index (χ4v) is 3.16. The van der Waals surface area contributed by atoms with Crippen LogP contribution < -0.4 is 9.47 Å². The van der Waals surface area contributed by atoms with E-state index in [4.69, 9.17) is 14.2 Å². The molecule has 3 aromatic rings. The normalized spacial score (nSPS) is 9.93. The van der Waals surface area contributed by atoms with Gasteiger partial charge in [-0.05, 0) is 48.7 Å². The van der Waals surface area contributed by atoms with Crippen LogP contribution in [0.4, 0.5) is 4.39 Å². The van der Waals surface area contributed by atoms with Crippen LogP contribution in [0.3, 0.4) is 0 Å². The van der Waals surface area contributed by atoms with Crippen LogP contribution in [-0.2, 0) is 4.74 Å². The van der Waals surface area contributed by atoms with Gasteiger partial charge < -0.3 is 14.2 Å². The number of ether oxygens (including phenoxy) is 3. The number of hydrogen-bond donors (Lipinski definition) is 0. The molecule has 0 aliphatic carbocycles. The predicted molar refractivity (Wildman–Crippen MR) is 103 cm³/mol. The van der Waals surface area contributed by atoms with Gasteiger partial charge in [-0.15, -0.1) is 11.3 Å². The summed E-state index contributed by atoms with van der Waals surface area (Å²) in [5, 5.41) is 1.04. The molecule has 0 radical (unpaired) electrons. The SMILES string of the molecule is CCOC(=O)c1cc2ccc(OC)cc2s1.COc1ccc(C=O)c(F)c1. The van der Waals surface area contributed by atoms with Gasteiger partial charge in [-0.1, -0.05) is 0 Å². The molecule has 0 saturated heterocycles. The number of methoxy groups -OCH3 is 2. The number of rotatable bonds is 5. The lowest BCUT2D eigenvalue weighted by molar-refractivity contribution is 0.0532. The van der Waals surface area contributed by atoms with E-state index in [0.717, 1.165) is 15.8 Å². The fourth-order valence-electron chi connectivity index (χ4n) is 2.17. The third-order valence-corrected chi connectivity index (χ3v) is 4.62. The number of benzene rings is 2. The van der Waals surface area contributed by atoms with E-state index in [-0.39, 0.29) is 11.5 Å². The van der Waals surface area contributed by atoms with E-state index in [2.05, 4.69) is 0 Å². The lowest BCUT2D eigenvalue weighted by Gasteiger charge is -1.99. The van der Waals surface area contributed by atoms with Crippen LogP contribution in [0.2, 0.25) is 0 Å². The highest BCUT2D eigenvalue weighted by molar-refractivity contribution is 7.20. The quantitative estimate of drug-likeness (QED) is 0.465. The Labute approximate surface area is 160 Å². The van der Waals surface area contributed by atoms with Crippen LogP contribution in [0.15, 0.2) is 42.5 Å². The first kappa shape index (κ1) is 20.4. The van der Waals surface area contributed by atoms with E-state index in [0.29, 0.717) is 23.5 Å². The highest BCUT2D eigenvalue weighted by atomic mass is 32.1. The Morgan fingerprint density at radius 1 is 1.07 bits per heavy atom. The summed E-state index contributed by atoms with van der Waals surface area (Å²) in [6.07, 6.45) is 0.467. The van der Waals surface area contributed by atoms with Gasteiger partial charge in [-0.2, -0.15) is 0 Å². The van der Waals surface area contributed by atoms with Crippen molar-refractivity contribution in [3.63, 3.8) is 0 Å². The topological polar surface area (TPSA) is 61.8 Å². The average Bonchev–Trinajstić information content (AvgIpc) is 3.12. The van der Waals surface area contributed by atoms with Crippen molar-refractivity contribution in [2.45, 2.75) is 6.92 Å². The Morgan fingerprint density at radius 3 is 2.33 bits per heavy atom. The van der Waals surface area contributed by atoms with E-state index < -0.39 is 5.82 Å². The third-order valence-electron chi connectivity index (χ3n) is 3.54. The van der Waals surface area contributed by atoms with Crippen molar-refractivity contribution < 1.29 is 28.2 Å². The van der Waals surface area contributed by atoms with Crippen LogP contribution in [0.25, 0.3) is 10.1 Å². The number of fused-ring (bicyclic) bond motifs is 1. The monoisotopic (exact) mass is 390 g/mol. The summed E-state index contributed by atoms with van der Waals surface area (Å²) in [4.78, 5) is 22.3. The van der Waals surface area contributed by atoms with Crippen LogP contribution in [0.1, 0.15) is 27.0 Å². The number of carbonyl (C=O) groups excluding carboxylic acids is 2. The molecule has 5 nitrogen and oxygen atoms in total. The van der Waals surface area contributed by atoms with Crippen molar-refractivity contribution in [2.24, 2.45) is 0 Å². The Balaban J connectivity index is 0.000000208. The Kier molecular flexibility index (Phi) is 7.31. The van der Waals surface area contributed by atoms with Gasteiger partial charge in [0, 0.05) is 10.8 Å². The number of hydrogen-bond acceptors (Lipinski definition) is 6. The minimum absolute atomic E-state index is 0.0470. The second kappa shape index (κ2) is 9.68. The van der Waals surface area contributed by atoms with Gasteiger partial charge >= 0.3 is 5.97 Å². The molecule has 0 unspecified atom stereocenters. The first-order valence-corrected chi connectivity index (χ1v) is 8.87. The lowest BCUT2D eigenvalue weighted by atomic mass is 10.2. The molecule has 142 valence electrons. The van der Waals surface area contributed by atoms with Gasteiger partial charge in [0.25, 0.3) is 0 Å². The van der Waals surface area contributed by atoms with Crippen LogP contribution in [0, 0.1) is 5.82 Å². The molecule has 1 heterocycles. The smallest absolute Gasteiger partial charge is 0.348 e. The van der Waals surface area contributed by atoms with E-state index in [1.54, 1.807) is 14.0 Å². The summed E-state index contributed by atoms with van der Waals surface area (Å²) >= 11 is 1.42. The maximum atomic E-state index is 12.7. The van der Waals surface area contributed by atoms with E-state index in [1.807, 2.05) is 24.3 Å². The van der Waals surface area contributed by atoms with Crippen LogP contribution >= 0.6 is 11.3 Å². The largest absolute Gasteiger partial charge is 0.497 e. The molecular weight excluding hydrogens is 371 g/mol. The van der Waals surface area contributed by atoms with Crippen molar-refractivity contribution >= 4 is 33.7 Å². The van der Waals surface area contributed by atoms with Crippen molar-refractivity contribution in [3.05, 3.63) is 58.7 Å². The Morgan fingerprint density at radius 2 is 1.74 bits per heavy atom. The average molecular weight is 390 g/mol. The molecule has 27 heavy (non-hydrogen) atoms. The highest BCUT2D eigenvalue weighted by Crippen LogP contribution is 2.29. The zero-order chi connectivity index (χ0) is 19.8. The molecular formula is C20H19FO5S. The van der Waals surface area contributed by atoms with Crippen LogP contribution in [0.5, 0.6) is 11.5 Å². The van der Waals surface area contributed by atoms with E-state index >= 15 is 0 Å². The molecule has 0 fully saturated rings. The highest BCUT2D eigenvalue weighted by Gasteiger charge is 2.11. The van der Waals surface area contributed by atoms with Crippen molar-refractivity contribution in [3.8, 4) is 11.5 Å². The predicted octanol–water partition coefficient (Wildman–Crippen LogP) is 4.73. The van der Waals surface area contributed by atoms with Gasteiger partial charge in [0.1, 0.15) is 22.2 Å². The number of carbonyl (C=O) groups is 2. The van der Waals surface area contributed by atoms with Gasteiger partial charge in [-0.3, -0.25) is 4.79 Å². The first-order chi connectivity index (χ1) is 13.0. The van der Waals surface area contributed by atoms with E-state index in [9.17, 15) is 14.0 Å². The minimum atomic E-state index is -0.556. The summed E-state index contributed by atoms with van der Waals surface area (Å²) in [6.45, 7) is 2.20. The van der Waals surface area contributed by atoms with Crippen LogP contribution in [-0.4, -0.2) is 33.1 Å². The number of esters is 1. The molecule has 1 aromatic heterocycles. The minimum Gasteiger partial charge on any atom is -0.497 e. The Hall–Kier alpha value is -2.93. The van der Waals surface area contributed by atoms with Gasteiger partial charge in [-0.25, -0.2) is 9.18 Å². The maximum Gasteiger partial charge on any atom is 0.348 e. The van der Waals surface area contributed by atoms with Crippen molar-refractivity contribution in [2.75, 3.05) is 20.8 Å². The summed E-state index contributed by atoms with van der Waals surface area (Å²) < 4.78 is 28.6. The molecule has 0 aliphatic rings. The molecule has 0 saturated carbocycles. The fraction of sp³-hybridized carbons (Fsp3) is 0.200. The van der Waals surface area contributed by atoms with Crippen molar-refractivity contribution in [1.29, 1.82) is 0 Å². The lowest BCUT2D eigenvalue weighted by Crippen LogP contribution is -2.01. The number of thiophene rings is 1. The van der Waals surface area contributed by atoms with E-state index in [1.165, 1.54) is 36.6 Å². The summed E-state index contributed by atoms with van der Waals surface area (Å²) in [6, 6.07) is 11.7. The van der Waals surface area contributed by atoms with Gasteiger partial charge in [0.2, 0.25) is 0 Å². The molecule has 0 atom stereocenters. The zero-order valence-corrected chi connectivity index (χ0v) is 16.0. The van der Waals surface area contributed by atoms with Crippen molar-refractivity contribution in [1.82, 2.24) is 0 Å². The molecule has 0 amide bonds. The molecule has 3 rings (SSSR count). The summed E-state index contributed by atoms with van der Waals surface area (Å²) in [5.41, 5.74) is 0.0470. The molecule has 2 aromatic carbocycles. The standard InChI is InChI=1S/C12H12O3S.C8H7FO2/c1-3-15-12(13)11-6-8-4-5-9(14-2)7-10(8)16-11;1-11-7-3-2-6(5-10)8(9)4-7/h4-7H,3H2,1-2H3;2-5H,1H3. The number of aldehydes is 1. The Bertz CT molecular complexity index is 935. The first-order valence-electron chi connectivity index (χ1n) is 8.05. The molecule has 0 N–H and O–H groups in total. The number of halogens is 1. The van der Waals surface area contributed by atoms with Gasteiger partial charge in [0.05, 0.1) is 26.4 Å². The second-order valence-corrected chi connectivity index (χ2v) is 6.32.